The lowest BCUT2D eigenvalue weighted by Crippen LogP contribution is -2.33. The molecule has 0 bridgehead atoms. The third-order valence-electron chi connectivity index (χ3n) is 2.10. The van der Waals surface area contributed by atoms with E-state index in [4.69, 9.17) is 4.74 Å². The molecule has 0 saturated heterocycles. The summed E-state index contributed by atoms with van der Waals surface area (Å²) < 4.78 is 5.27. The Balaban J connectivity index is 2.64. The summed E-state index contributed by atoms with van der Waals surface area (Å²) in [5.41, 5.74) is 0.537. The number of hydrogen-bond acceptors (Lipinski definition) is 3. The first-order chi connectivity index (χ1) is 7.79. The molecule has 0 atom stereocenters. The van der Waals surface area contributed by atoms with Gasteiger partial charge in [0.2, 0.25) is 0 Å². The lowest BCUT2D eigenvalue weighted by molar-refractivity contribution is 0.0284. The molecule has 94 valence electrons. The SMILES string of the molecule is CN(Cc1ccccc1S)C(=O)OC(C)(C)C. The highest BCUT2D eigenvalue weighted by Crippen LogP contribution is 2.16. The third-order valence-corrected chi connectivity index (χ3v) is 2.54. The Morgan fingerprint density at radius 2 is 1.94 bits per heavy atom. The Labute approximate surface area is 108 Å². The molecule has 0 N–H and O–H groups in total. The predicted octanol–water partition coefficient (Wildman–Crippen LogP) is 3.34. The Morgan fingerprint density at radius 1 is 1.35 bits per heavy atom. The number of carbonyl (C=O) groups excluding carboxylic acids is 1. The highest BCUT2D eigenvalue weighted by atomic mass is 32.1. The molecule has 0 heterocycles. The predicted molar refractivity (Wildman–Crippen MR) is 71.4 cm³/mol. The average molecular weight is 253 g/mol. The number of rotatable bonds is 2. The fourth-order valence-corrected chi connectivity index (χ4v) is 1.54. The lowest BCUT2D eigenvalue weighted by atomic mass is 10.2. The lowest BCUT2D eigenvalue weighted by Gasteiger charge is -2.25. The van der Waals surface area contributed by atoms with Crippen LogP contribution in [0.3, 0.4) is 0 Å². The summed E-state index contributed by atoms with van der Waals surface area (Å²) >= 11 is 4.35. The summed E-state index contributed by atoms with van der Waals surface area (Å²) in [5.74, 6) is 0. The number of nitrogens with zero attached hydrogens (tertiary/aromatic N) is 1. The maximum Gasteiger partial charge on any atom is 0.410 e. The summed E-state index contributed by atoms with van der Waals surface area (Å²) in [7, 11) is 1.72. The summed E-state index contributed by atoms with van der Waals surface area (Å²) in [6, 6.07) is 7.70. The van der Waals surface area contributed by atoms with Crippen molar-refractivity contribution in [3.05, 3.63) is 29.8 Å². The average Bonchev–Trinajstić information content (AvgIpc) is 2.18. The molecule has 1 rings (SSSR count). The van der Waals surface area contributed by atoms with Crippen molar-refractivity contribution >= 4 is 18.7 Å². The molecule has 0 spiro atoms. The zero-order valence-corrected chi connectivity index (χ0v) is 11.6. The summed E-state index contributed by atoms with van der Waals surface area (Å²) in [6.45, 7) is 6.05. The van der Waals surface area contributed by atoms with Crippen molar-refractivity contribution < 1.29 is 9.53 Å². The van der Waals surface area contributed by atoms with E-state index >= 15 is 0 Å². The highest BCUT2D eigenvalue weighted by Gasteiger charge is 2.19. The van der Waals surface area contributed by atoms with E-state index in [9.17, 15) is 4.79 Å². The van der Waals surface area contributed by atoms with Gasteiger partial charge in [0, 0.05) is 18.5 Å². The zero-order valence-electron chi connectivity index (χ0n) is 10.7. The van der Waals surface area contributed by atoms with Gasteiger partial charge < -0.3 is 9.64 Å². The first-order valence-electron chi connectivity index (χ1n) is 5.50. The first-order valence-corrected chi connectivity index (χ1v) is 5.95. The molecule has 1 amide bonds. The second-order valence-electron chi connectivity index (χ2n) is 4.97. The van der Waals surface area contributed by atoms with Gasteiger partial charge in [0.15, 0.2) is 0 Å². The van der Waals surface area contributed by atoms with Gasteiger partial charge in [-0.25, -0.2) is 4.79 Å². The van der Waals surface area contributed by atoms with Crippen molar-refractivity contribution in [1.29, 1.82) is 0 Å². The molecule has 4 heteroatoms. The van der Waals surface area contributed by atoms with E-state index in [0.717, 1.165) is 10.5 Å². The van der Waals surface area contributed by atoms with Gasteiger partial charge in [-0.2, -0.15) is 0 Å². The van der Waals surface area contributed by atoms with E-state index < -0.39 is 5.60 Å². The number of amides is 1. The van der Waals surface area contributed by atoms with Crippen LogP contribution in [0.1, 0.15) is 26.3 Å². The summed E-state index contributed by atoms with van der Waals surface area (Å²) in [6.07, 6.45) is -0.325. The molecule has 0 fully saturated rings. The van der Waals surface area contributed by atoms with Gasteiger partial charge in [-0.15, -0.1) is 12.6 Å². The van der Waals surface area contributed by atoms with Crippen LogP contribution >= 0.6 is 12.6 Å². The summed E-state index contributed by atoms with van der Waals surface area (Å²) in [5, 5.41) is 0. The Hall–Kier alpha value is -1.16. The smallest absolute Gasteiger partial charge is 0.410 e. The largest absolute Gasteiger partial charge is 0.444 e. The van der Waals surface area contributed by atoms with Crippen LogP contribution in [0.15, 0.2) is 29.2 Å². The highest BCUT2D eigenvalue weighted by molar-refractivity contribution is 7.80. The van der Waals surface area contributed by atoms with Gasteiger partial charge >= 0.3 is 6.09 Å². The number of benzene rings is 1. The van der Waals surface area contributed by atoms with E-state index in [2.05, 4.69) is 12.6 Å². The number of ether oxygens (including phenoxy) is 1. The van der Waals surface area contributed by atoms with Gasteiger partial charge in [-0.3, -0.25) is 0 Å². The molecule has 3 nitrogen and oxygen atoms in total. The molecule has 0 aliphatic rings. The van der Waals surface area contributed by atoms with E-state index in [1.807, 2.05) is 45.0 Å². The van der Waals surface area contributed by atoms with Crippen LogP contribution < -0.4 is 0 Å². The van der Waals surface area contributed by atoms with Crippen molar-refractivity contribution in [3.63, 3.8) is 0 Å². The second-order valence-corrected chi connectivity index (χ2v) is 5.45. The minimum atomic E-state index is -0.466. The number of thiol groups is 1. The normalized spacial score (nSPS) is 11.1. The summed E-state index contributed by atoms with van der Waals surface area (Å²) in [4.78, 5) is 14.2. The minimum absolute atomic E-state index is 0.325. The first kappa shape index (κ1) is 13.9. The minimum Gasteiger partial charge on any atom is -0.444 e. The van der Waals surface area contributed by atoms with Crippen LogP contribution in [0.5, 0.6) is 0 Å². The van der Waals surface area contributed by atoms with E-state index in [1.54, 1.807) is 11.9 Å². The van der Waals surface area contributed by atoms with E-state index in [1.165, 1.54) is 0 Å². The molecule has 0 saturated carbocycles. The van der Waals surface area contributed by atoms with Crippen molar-refractivity contribution in [2.75, 3.05) is 7.05 Å². The number of carbonyl (C=O) groups is 1. The number of hydrogen-bond donors (Lipinski definition) is 1. The second kappa shape index (κ2) is 5.45. The maximum absolute atomic E-state index is 11.8. The standard InChI is InChI=1S/C13H19NO2S/c1-13(2,3)16-12(15)14(4)9-10-7-5-6-8-11(10)17/h5-8,17H,9H2,1-4H3. The van der Waals surface area contributed by atoms with Crippen LogP contribution in [0.4, 0.5) is 4.79 Å². The van der Waals surface area contributed by atoms with Gasteiger partial charge in [0.05, 0.1) is 0 Å². The van der Waals surface area contributed by atoms with Gasteiger partial charge in [0.1, 0.15) is 5.60 Å². The Bertz CT molecular complexity index is 399. The van der Waals surface area contributed by atoms with Crippen LogP contribution in [0, 0.1) is 0 Å². The Kier molecular flexibility index (Phi) is 4.46. The quantitative estimate of drug-likeness (QED) is 0.819. The Morgan fingerprint density at radius 3 is 2.47 bits per heavy atom. The molecule has 0 aliphatic carbocycles. The van der Waals surface area contributed by atoms with Crippen LogP contribution in [0.2, 0.25) is 0 Å². The van der Waals surface area contributed by atoms with Crippen LogP contribution in [0.25, 0.3) is 0 Å². The van der Waals surface area contributed by atoms with Gasteiger partial charge in [0.25, 0.3) is 0 Å². The van der Waals surface area contributed by atoms with Crippen LogP contribution in [-0.4, -0.2) is 23.6 Å². The molecule has 0 radical (unpaired) electrons. The van der Waals surface area contributed by atoms with Crippen molar-refractivity contribution in [1.82, 2.24) is 4.90 Å². The zero-order chi connectivity index (χ0) is 13.1. The fraction of sp³-hybridized carbons (Fsp3) is 0.462. The van der Waals surface area contributed by atoms with Crippen molar-refractivity contribution in [2.45, 2.75) is 37.8 Å². The molecule has 0 aromatic heterocycles. The molecule has 1 aromatic carbocycles. The maximum atomic E-state index is 11.8. The molecular formula is C13H19NO2S. The molecular weight excluding hydrogens is 234 g/mol. The third kappa shape index (κ3) is 4.69. The molecule has 17 heavy (non-hydrogen) atoms. The molecule has 1 aromatic rings. The van der Waals surface area contributed by atoms with Gasteiger partial charge in [-0.1, -0.05) is 18.2 Å². The fourth-order valence-electron chi connectivity index (χ4n) is 1.30. The van der Waals surface area contributed by atoms with Crippen LogP contribution in [-0.2, 0) is 11.3 Å². The monoisotopic (exact) mass is 253 g/mol. The topological polar surface area (TPSA) is 29.5 Å². The van der Waals surface area contributed by atoms with Crippen molar-refractivity contribution in [2.24, 2.45) is 0 Å². The molecule has 0 unspecified atom stereocenters. The van der Waals surface area contributed by atoms with Gasteiger partial charge in [-0.05, 0) is 32.4 Å². The van der Waals surface area contributed by atoms with E-state index in [-0.39, 0.29) is 6.09 Å². The molecule has 0 aliphatic heterocycles. The van der Waals surface area contributed by atoms with E-state index in [0.29, 0.717) is 6.54 Å². The van der Waals surface area contributed by atoms with Crippen molar-refractivity contribution in [3.8, 4) is 0 Å².